The van der Waals surface area contributed by atoms with Gasteiger partial charge in [0.15, 0.2) is 0 Å². The predicted molar refractivity (Wildman–Crippen MR) is 69.4 cm³/mol. The Morgan fingerprint density at radius 1 is 1.37 bits per heavy atom. The van der Waals surface area contributed by atoms with Crippen LogP contribution in [0.1, 0.15) is 18.5 Å². The average Bonchev–Trinajstić information content (AvgIpc) is 2.31. The van der Waals surface area contributed by atoms with Crippen molar-refractivity contribution in [2.75, 3.05) is 20.6 Å². The maximum Gasteiger partial charge on any atom is 0.236 e. The summed E-state index contributed by atoms with van der Waals surface area (Å²) in [5.41, 5.74) is 5.37. The Labute approximate surface area is 111 Å². The van der Waals surface area contributed by atoms with Gasteiger partial charge in [0, 0.05) is 12.1 Å². The van der Waals surface area contributed by atoms with Gasteiger partial charge in [-0.3, -0.25) is 4.79 Å². The van der Waals surface area contributed by atoms with Crippen LogP contribution in [-0.4, -0.2) is 37.5 Å². The van der Waals surface area contributed by atoms with Crippen LogP contribution in [0.5, 0.6) is 0 Å². The molecule has 0 aliphatic rings. The topological polar surface area (TPSA) is 58.4 Å². The third-order valence-corrected chi connectivity index (χ3v) is 2.84. The van der Waals surface area contributed by atoms with E-state index in [0.29, 0.717) is 0 Å². The van der Waals surface area contributed by atoms with Gasteiger partial charge in [-0.25, -0.2) is 8.78 Å². The minimum absolute atomic E-state index is 0.0579. The third-order valence-electron chi connectivity index (χ3n) is 2.84. The largest absolute Gasteiger partial charge is 0.353 e. The van der Waals surface area contributed by atoms with Crippen LogP contribution in [0.4, 0.5) is 8.78 Å². The van der Waals surface area contributed by atoms with E-state index in [1.807, 2.05) is 0 Å². The Morgan fingerprint density at radius 2 is 1.89 bits per heavy atom. The maximum absolute atomic E-state index is 13.7. The van der Waals surface area contributed by atoms with Crippen molar-refractivity contribution in [3.05, 3.63) is 35.4 Å². The molecule has 0 bridgehead atoms. The molecule has 0 saturated heterocycles. The minimum Gasteiger partial charge on any atom is -0.353 e. The summed E-state index contributed by atoms with van der Waals surface area (Å²) in [5.74, 6) is -1.62. The first-order valence-corrected chi connectivity index (χ1v) is 5.98. The first-order chi connectivity index (χ1) is 8.84. The van der Waals surface area contributed by atoms with Crippen molar-refractivity contribution in [1.82, 2.24) is 10.2 Å². The van der Waals surface area contributed by atoms with Crippen molar-refractivity contribution in [3.8, 4) is 0 Å². The van der Waals surface area contributed by atoms with E-state index in [-0.39, 0.29) is 18.0 Å². The molecule has 0 heterocycles. The fraction of sp³-hybridized carbons (Fsp3) is 0.462. The van der Waals surface area contributed by atoms with E-state index >= 15 is 0 Å². The van der Waals surface area contributed by atoms with Gasteiger partial charge in [0.2, 0.25) is 5.91 Å². The lowest BCUT2D eigenvalue weighted by atomic mass is 10.0. The number of amides is 1. The highest BCUT2D eigenvalue weighted by Crippen LogP contribution is 2.23. The van der Waals surface area contributed by atoms with E-state index < -0.39 is 23.7 Å². The molecule has 6 heteroatoms. The van der Waals surface area contributed by atoms with Crippen LogP contribution in [0.25, 0.3) is 0 Å². The second-order valence-corrected chi connectivity index (χ2v) is 4.65. The van der Waals surface area contributed by atoms with Crippen LogP contribution in [0.3, 0.4) is 0 Å². The number of nitrogens with zero attached hydrogens (tertiary/aromatic N) is 1. The molecule has 0 aliphatic heterocycles. The van der Waals surface area contributed by atoms with Gasteiger partial charge in [-0.05, 0) is 33.2 Å². The molecule has 0 fully saturated rings. The molecule has 0 aliphatic carbocycles. The van der Waals surface area contributed by atoms with Crippen LogP contribution < -0.4 is 11.1 Å². The molecule has 1 amide bonds. The van der Waals surface area contributed by atoms with Crippen molar-refractivity contribution >= 4 is 5.91 Å². The number of hydrogen-bond donors (Lipinski definition) is 2. The van der Waals surface area contributed by atoms with Crippen molar-refractivity contribution in [1.29, 1.82) is 0 Å². The summed E-state index contributed by atoms with van der Waals surface area (Å²) in [6.45, 7) is 1.63. The number of carbonyl (C=O) groups excluding carboxylic acids is 1. The van der Waals surface area contributed by atoms with Crippen molar-refractivity contribution in [2.45, 2.75) is 19.0 Å². The number of rotatable bonds is 5. The van der Waals surface area contributed by atoms with Gasteiger partial charge in [0.1, 0.15) is 11.6 Å². The number of nitrogens with two attached hydrogens (primary N) is 1. The van der Waals surface area contributed by atoms with E-state index in [4.69, 9.17) is 5.73 Å². The van der Waals surface area contributed by atoms with Crippen LogP contribution in [0, 0.1) is 11.6 Å². The molecular formula is C13H19F2N3O. The van der Waals surface area contributed by atoms with Crippen LogP contribution >= 0.6 is 0 Å². The Hall–Kier alpha value is -1.53. The lowest BCUT2D eigenvalue weighted by molar-refractivity contribution is -0.122. The SMILES string of the molecule is CC(N)C(=O)NCC(c1c(F)cccc1F)N(C)C. The molecular weight excluding hydrogens is 252 g/mol. The van der Waals surface area contributed by atoms with Gasteiger partial charge in [0.25, 0.3) is 0 Å². The molecule has 0 spiro atoms. The predicted octanol–water partition coefficient (Wildman–Crippen LogP) is 1.03. The lowest BCUT2D eigenvalue weighted by Gasteiger charge is -2.26. The second-order valence-electron chi connectivity index (χ2n) is 4.65. The number of nitrogens with one attached hydrogen (secondary N) is 1. The zero-order valence-corrected chi connectivity index (χ0v) is 11.3. The van der Waals surface area contributed by atoms with Gasteiger partial charge in [0.05, 0.1) is 12.1 Å². The summed E-state index contributed by atoms with van der Waals surface area (Å²) in [4.78, 5) is 13.1. The summed E-state index contributed by atoms with van der Waals surface area (Å²) >= 11 is 0. The summed E-state index contributed by atoms with van der Waals surface area (Å²) in [7, 11) is 3.38. The molecule has 1 rings (SSSR count). The van der Waals surface area contributed by atoms with E-state index in [1.165, 1.54) is 18.2 Å². The van der Waals surface area contributed by atoms with Gasteiger partial charge in [-0.1, -0.05) is 6.07 Å². The number of hydrogen-bond acceptors (Lipinski definition) is 3. The molecule has 0 radical (unpaired) electrons. The maximum atomic E-state index is 13.7. The second kappa shape index (κ2) is 6.58. The fourth-order valence-corrected chi connectivity index (χ4v) is 1.73. The molecule has 4 nitrogen and oxygen atoms in total. The van der Waals surface area contributed by atoms with Crippen molar-refractivity contribution < 1.29 is 13.6 Å². The fourth-order valence-electron chi connectivity index (χ4n) is 1.73. The monoisotopic (exact) mass is 271 g/mol. The summed E-state index contributed by atoms with van der Waals surface area (Å²) in [5, 5.41) is 2.58. The third kappa shape index (κ3) is 3.97. The summed E-state index contributed by atoms with van der Waals surface area (Å²) in [6, 6.07) is 2.45. The molecule has 0 saturated carbocycles. The van der Waals surface area contributed by atoms with Crippen molar-refractivity contribution in [3.63, 3.8) is 0 Å². The number of halogens is 2. The first-order valence-electron chi connectivity index (χ1n) is 5.98. The molecule has 106 valence electrons. The molecule has 2 atom stereocenters. The quantitative estimate of drug-likeness (QED) is 0.841. The molecule has 0 aromatic heterocycles. The van der Waals surface area contributed by atoms with Gasteiger partial charge < -0.3 is 16.0 Å². The van der Waals surface area contributed by atoms with Gasteiger partial charge in [-0.2, -0.15) is 0 Å². The zero-order valence-electron chi connectivity index (χ0n) is 11.3. The highest BCUT2D eigenvalue weighted by atomic mass is 19.1. The van der Waals surface area contributed by atoms with E-state index in [1.54, 1.807) is 25.9 Å². The number of benzene rings is 1. The Kier molecular flexibility index (Phi) is 5.38. The molecule has 2 unspecified atom stereocenters. The summed E-state index contributed by atoms with van der Waals surface area (Å²) in [6.07, 6.45) is 0. The Bertz CT molecular complexity index is 429. The standard InChI is InChI=1S/C13H19F2N3O/c1-8(16)13(19)17-7-11(18(2)3)12-9(14)5-4-6-10(12)15/h4-6,8,11H,7,16H2,1-3H3,(H,17,19). The molecule has 1 aromatic carbocycles. The molecule has 3 N–H and O–H groups in total. The van der Waals surface area contributed by atoms with Crippen LogP contribution in [0.15, 0.2) is 18.2 Å². The van der Waals surface area contributed by atoms with Gasteiger partial charge >= 0.3 is 0 Å². The van der Waals surface area contributed by atoms with Crippen LogP contribution in [0.2, 0.25) is 0 Å². The Morgan fingerprint density at radius 3 is 2.32 bits per heavy atom. The van der Waals surface area contributed by atoms with E-state index in [9.17, 15) is 13.6 Å². The van der Waals surface area contributed by atoms with E-state index in [2.05, 4.69) is 5.32 Å². The van der Waals surface area contributed by atoms with Crippen molar-refractivity contribution in [2.24, 2.45) is 5.73 Å². The number of carbonyl (C=O) groups is 1. The number of likely N-dealkylation sites (N-methyl/N-ethyl adjacent to an activating group) is 1. The lowest BCUT2D eigenvalue weighted by Crippen LogP contribution is -2.42. The molecule has 1 aromatic rings. The molecule has 19 heavy (non-hydrogen) atoms. The van der Waals surface area contributed by atoms with Gasteiger partial charge in [-0.15, -0.1) is 0 Å². The first kappa shape index (κ1) is 15.5. The smallest absolute Gasteiger partial charge is 0.236 e. The minimum atomic E-state index is -0.659. The summed E-state index contributed by atoms with van der Waals surface area (Å²) < 4.78 is 27.5. The van der Waals surface area contributed by atoms with E-state index in [0.717, 1.165) is 0 Å². The highest BCUT2D eigenvalue weighted by Gasteiger charge is 2.23. The average molecular weight is 271 g/mol. The Balaban J connectivity index is 2.92. The van der Waals surface area contributed by atoms with Crippen LogP contribution in [-0.2, 0) is 4.79 Å². The normalized spacial score (nSPS) is 14.3. The highest BCUT2D eigenvalue weighted by molar-refractivity contribution is 5.80. The zero-order chi connectivity index (χ0) is 14.6.